The van der Waals surface area contributed by atoms with Crippen molar-refractivity contribution in [2.24, 2.45) is 0 Å². The number of aryl methyl sites for hydroxylation is 1. The zero-order valence-electron chi connectivity index (χ0n) is 17.7. The number of rotatable bonds is 7. The Bertz CT molecular complexity index is 1220. The Labute approximate surface area is 203 Å². The third-order valence-corrected chi connectivity index (χ3v) is 5.94. The van der Waals surface area contributed by atoms with E-state index in [1.807, 2.05) is 24.3 Å². The van der Waals surface area contributed by atoms with Crippen LogP contribution in [0.25, 0.3) is 0 Å². The molecule has 0 fully saturated rings. The lowest BCUT2D eigenvalue weighted by atomic mass is 9.95. The summed E-state index contributed by atoms with van der Waals surface area (Å²) in [6.07, 6.45) is 0.993. The van der Waals surface area contributed by atoms with Gasteiger partial charge in [0.05, 0.1) is 10.5 Å². The van der Waals surface area contributed by atoms with Crippen LogP contribution in [0.3, 0.4) is 0 Å². The smallest absolute Gasteiger partial charge is 0.269 e. The minimum absolute atomic E-state index is 0.0179. The highest BCUT2D eigenvalue weighted by Gasteiger charge is 2.34. The van der Waals surface area contributed by atoms with E-state index in [2.05, 4.69) is 43.3 Å². The molecule has 1 amide bonds. The number of halogens is 1. The van der Waals surface area contributed by atoms with Gasteiger partial charge >= 0.3 is 0 Å². The minimum Gasteiger partial charge on any atom is -0.396 e. The van der Waals surface area contributed by atoms with Gasteiger partial charge in [-0.2, -0.15) is 10.1 Å². The van der Waals surface area contributed by atoms with Crippen LogP contribution in [0.1, 0.15) is 30.8 Å². The molecule has 3 aromatic rings. The summed E-state index contributed by atoms with van der Waals surface area (Å²) in [6.45, 7) is 1.80. The molecule has 2 heterocycles. The number of nitrogens with one attached hydrogen (secondary N) is 2. The molecule has 4 rings (SSSR count). The molecule has 0 spiro atoms. The van der Waals surface area contributed by atoms with Gasteiger partial charge in [-0.3, -0.25) is 14.9 Å². The highest BCUT2D eigenvalue weighted by atomic mass is 127. The van der Waals surface area contributed by atoms with Crippen molar-refractivity contribution in [3.8, 4) is 0 Å². The van der Waals surface area contributed by atoms with Gasteiger partial charge in [0.2, 0.25) is 5.95 Å². The number of nitro benzene ring substituents is 1. The SMILES string of the molecule is CC1=C(C(=O)Nc2ccc(I)cc2)[C@H](c2ccc([N+](=O)[O-])cc2)n2nc(CCCO)nc2N1. The number of aromatic nitrogens is 3. The summed E-state index contributed by atoms with van der Waals surface area (Å²) in [4.78, 5) is 28.5. The lowest BCUT2D eigenvalue weighted by Crippen LogP contribution is -2.31. The number of carbonyl (C=O) groups excluding carboxylic acids is 1. The van der Waals surface area contributed by atoms with E-state index in [4.69, 9.17) is 5.11 Å². The summed E-state index contributed by atoms with van der Waals surface area (Å²) in [7, 11) is 0. The van der Waals surface area contributed by atoms with E-state index in [0.29, 0.717) is 47.1 Å². The zero-order valence-corrected chi connectivity index (χ0v) is 19.8. The Morgan fingerprint density at radius 3 is 2.58 bits per heavy atom. The molecule has 0 radical (unpaired) electrons. The number of aliphatic hydroxyl groups is 1. The summed E-state index contributed by atoms with van der Waals surface area (Å²) in [5.41, 5.74) is 2.30. The summed E-state index contributed by atoms with van der Waals surface area (Å²) in [5, 5.41) is 30.9. The molecular weight excluding hydrogens is 539 g/mol. The van der Waals surface area contributed by atoms with Crippen LogP contribution in [-0.2, 0) is 11.2 Å². The standard InChI is InChI=1S/C22H21IN6O4/c1-13-19(21(31)25-16-8-6-15(23)7-9-16)20(14-4-10-17(11-5-14)29(32)33)28-22(24-13)26-18(27-28)3-2-12-30/h4-11,20,30H,2-3,12H2,1H3,(H,25,31)(H,24,26,27)/t20-/m0/s1. The van der Waals surface area contributed by atoms with Gasteiger partial charge in [0.25, 0.3) is 11.6 Å². The van der Waals surface area contributed by atoms with Gasteiger partial charge in [-0.15, -0.1) is 0 Å². The quantitative estimate of drug-likeness (QED) is 0.228. The van der Waals surface area contributed by atoms with Crippen LogP contribution in [0.2, 0.25) is 0 Å². The van der Waals surface area contributed by atoms with Gasteiger partial charge in [-0.05, 0) is 77.9 Å². The molecule has 2 aromatic carbocycles. The molecule has 11 heteroatoms. The first kappa shape index (κ1) is 22.9. The third kappa shape index (κ3) is 4.88. The Hall–Kier alpha value is -3.32. The number of fused-ring (bicyclic) bond motifs is 1. The van der Waals surface area contributed by atoms with Crippen LogP contribution < -0.4 is 10.6 Å². The highest BCUT2D eigenvalue weighted by molar-refractivity contribution is 14.1. The number of nitrogens with zero attached hydrogens (tertiary/aromatic N) is 4. The predicted octanol–water partition coefficient (Wildman–Crippen LogP) is 3.64. The lowest BCUT2D eigenvalue weighted by Gasteiger charge is -2.28. The fourth-order valence-corrected chi connectivity index (χ4v) is 4.01. The molecule has 0 bridgehead atoms. The van der Waals surface area contributed by atoms with Crippen molar-refractivity contribution in [3.05, 3.63) is 84.9 Å². The van der Waals surface area contributed by atoms with Crippen molar-refractivity contribution in [2.75, 3.05) is 17.2 Å². The van der Waals surface area contributed by atoms with Crippen molar-refractivity contribution in [1.82, 2.24) is 14.8 Å². The highest BCUT2D eigenvalue weighted by Crippen LogP contribution is 2.36. The Kier molecular flexibility index (Phi) is 6.70. The number of allylic oxidation sites excluding steroid dienone is 1. The van der Waals surface area contributed by atoms with Crippen LogP contribution in [0.15, 0.2) is 59.8 Å². The Balaban J connectivity index is 1.75. The van der Waals surface area contributed by atoms with Crippen LogP contribution >= 0.6 is 22.6 Å². The molecule has 0 saturated heterocycles. The molecule has 33 heavy (non-hydrogen) atoms. The predicted molar refractivity (Wildman–Crippen MR) is 131 cm³/mol. The normalized spacial score (nSPS) is 15.1. The Morgan fingerprint density at radius 2 is 1.94 bits per heavy atom. The number of amides is 1. The number of anilines is 2. The second-order valence-electron chi connectivity index (χ2n) is 7.50. The summed E-state index contributed by atoms with van der Waals surface area (Å²) >= 11 is 2.19. The van der Waals surface area contributed by atoms with Gasteiger partial charge in [0, 0.05) is 40.1 Å². The molecular formula is C22H21IN6O4. The van der Waals surface area contributed by atoms with E-state index in [1.165, 1.54) is 12.1 Å². The van der Waals surface area contributed by atoms with Crippen LogP contribution in [0.5, 0.6) is 0 Å². The molecule has 170 valence electrons. The molecule has 1 atom stereocenters. The average Bonchev–Trinajstić information content (AvgIpc) is 3.20. The molecule has 1 aliphatic rings. The van der Waals surface area contributed by atoms with Gasteiger partial charge in [0.15, 0.2) is 5.82 Å². The van der Waals surface area contributed by atoms with E-state index < -0.39 is 11.0 Å². The van der Waals surface area contributed by atoms with E-state index in [9.17, 15) is 14.9 Å². The fourth-order valence-electron chi connectivity index (χ4n) is 3.65. The van der Waals surface area contributed by atoms with Crippen molar-refractivity contribution in [3.63, 3.8) is 0 Å². The maximum Gasteiger partial charge on any atom is 0.269 e. The zero-order chi connectivity index (χ0) is 23.5. The fraction of sp³-hybridized carbons (Fsp3) is 0.227. The average molecular weight is 560 g/mol. The van der Waals surface area contributed by atoms with Gasteiger partial charge in [0.1, 0.15) is 6.04 Å². The second kappa shape index (κ2) is 9.67. The second-order valence-corrected chi connectivity index (χ2v) is 8.74. The first-order valence-electron chi connectivity index (χ1n) is 10.2. The lowest BCUT2D eigenvalue weighted by molar-refractivity contribution is -0.384. The molecule has 0 aliphatic carbocycles. The van der Waals surface area contributed by atoms with E-state index in [-0.39, 0.29) is 18.2 Å². The largest absolute Gasteiger partial charge is 0.396 e. The molecule has 0 unspecified atom stereocenters. The van der Waals surface area contributed by atoms with Gasteiger partial charge in [-0.25, -0.2) is 4.68 Å². The minimum atomic E-state index is -0.638. The van der Waals surface area contributed by atoms with Crippen molar-refractivity contribution in [2.45, 2.75) is 25.8 Å². The Morgan fingerprint density at radius 1 is 1.24 bits per heavy atom. The molecule has 10 nitrogen and oxygen atoms in total. The molecule has 0 saturated carbocycles. The maximum absolute atomic E-state index is 13.4. The van der Waals surface area contributed by atoms with Crippen LogP contribution in [-0.4, -0.2) is 37.3 Å². The molecule has 3 N–H and O–H groups in total. The number of benzene rings is 2. The number of aliphatic hydroxyl groups excluding tert-OH is 1. The summed E-state index contributed by atoms with van der Waals surface area (Å²) in [5.74, 6) is 0.683. The van der Waals surface area contributed by atoms with Gasteiger partial charge < -0.3 is 15.7 Å². The van der Waals surface area contributed by atoms with E-state index >= 15 is 0 Å². The van der Waals surface area contributed by atoms with Crippen molar-refractivity contribution >= 4 is 45.8 Å². The monoisotopic (exact) mass is 560 g/mol. The number of hydrogen-bond donors (Lipinski definition) is 3. The third-order valence-electron chi connectivity index (χ3n) is 5.22. The summed E-state index contributed by atoms with van der Waals surface area (Å²) < 4.78 is 2.66. The summed E-state index contributed by atoms with van der Waals surface area (Å²) in [6, 6.07) is 12.9. The van der Waals surface area contributed by atoms with Gasteiger partial charge in [-0.1, -0.05) is 0 Å². The first-order valence-corrected chi connectivity index (χ1v) is 11.3. The topological polar surface area (TPSA) is 135 Å². The van der Waals surface area contributed by atoms with Crippen LogP contribution in [0.4, 0.5) is 17.3 Å². The molecule has 1 aliphatic heterocycles. The van der Waals surface area contributed by atoms with E-state index in [1.54, 1.807) is 23.7 Å². The number of nitro groups is 1. The first-order chi connectivity index (χ1) is 15.9. The maximum atomic E-state index is 13.4. The number of carbonyl (C=O) groups is 1. The number of non-ortho nitro benzene ring substituents is 1. The molecule has 1 aromatic heterocycles. The van der Waals surface area contributed by atoms with E-state index in [0.717, 1.165) is 3.57 Å². The van der Waals surface area contributed by atoms with Crippen molar-refractivity contribution < 1.29 is 14.8 Å². The van der Waals surface area contributed by atoms with Crippen molar-refractivity contribution in [1.29, 1.82) is 0 Å². The number of hydrogen-bond acceptors (Lipinski definition) is 7. The van der Waals surface area contributed by atoms with Crippen LogP contribution in [0, 0.1) is 13.7 Å².